The number of hydrogen-bond acceptors (Lipinski definition) is 6. The predicted molar refractivity (Wildman–Crippen MR) is 158 cm³/mol. The van der Waals surface area contributed by atoms with E-state index in [2.05, 4.69) is 10.3 Å². The summed E-state index contributed by atoms with van der Waals surface area (Å²) in [6.45, 7) is 0.407. The van der Waals surface area contributed by atoms with Gasteiger partial charge in [-0.15, -0.1) is 11.3 Å². The maximum absolute atomic E-state index is 14.0. The Kier molecular flexibility index (Phi) is 6.79. The fourth-order valence-corrected chi connectivity index (χ4v) is 6.96. The summed E-state index contributed by atoms with van der Waals surface area (Å²) < 4.78 is 32.1. The van der Waals surface area contributed by atoms with Crippen molar-refractivity contribution < 1.29 is 13.2 Å². The highest BCUT2D eigenvalue weighted by atomic mass is 32.2. The maximum Gasteiger partial charge on any atom is 0.264 e. The van der Waals surface area contributed by atoms with Crippen LogP contribution in [-0.4, -0.2) is 28.9 Å². The Hall–Kier alpha value is -4.54. The van der Waals surface area contributed by atoms with Gasteiger partial charge < -0.3 is 9.88 Å². The third-order valence-electron chi connectivity index (χ3n) is 6.68. The monoisotopic (exact) mass is 567 g/mol. The molecule has 0 atom stereocenters. The molecule has 0 aliphatic heterocycles. The first-order valence-electron chi connectivity index (χ1n) is 12.6. The van der Waals surface area contributed by atoms with Crippen molar-refractivity contribution in [1.29, 1.82) is 0 Å². The zero-order valence-electron chi connectivity index (χ0n) is 21.6. The largest absolute Gasteiger partial charge is 0.347 e. The van der Waals surface area contributed by atoms with Crippen molar-refractivity contribution >= 4 is 54.1 Å². The Morgan fingerprint density at radius 1 is 0.975 bits per heavy atom. The number of benzene rings is 3. The average molecular weight is 568 g/mol. The van der Waals surface area contributed by atoms with Crippen molar-refractivity contribution in [2.45, 2.75) is 18.0 Å². The molecule has 3 aromatic heterocycles. The van der Waals surface area contributed by atoms with Crippen molar-refractivity contribution in [2.24, 2.45) is 7.05 Å². The third-order valence-corrected chi connectivity index (χ3v) is 9.59. The average Bonchev–Trinajstić information content (AvgIpc) is 3.56. The first kappa shape index (κ1) is 25.7. The SMILES string of the molecule is Cn1c(CN(c2ccc3sc(C(=O)NCc4cccnc4)cc3c2)S(=O)(=O)c2ccccc2)nc2ccccc21. The minimum atomic E-state index is -3.93. The van der Waals surface area contributed by atoms with E-state index in [0.29, 0.717) is 22.9 Å². The quantitative estimate of drug-likeness (QED) is 0.262. The second kappa shape index (κ2) is 10.6. The van der Waals surface area contributed by atoms with Crippen LogP contribution < -0.4 is 9.62 Å². The normalized spacial score (nSPS) is 11.6. The standard InChI is InChI=1S/C30H25N5O3S2/c1-34-26-12-6-5-11-25(26)33-29(34)20-35(40(37,38)24-9-3-2-4-10-24)23-13-14-27-22(16-23)17-28(39-27)30(36)32-19-21-8-7-15-31-18-21/h2-18H,19-20H2,1H3,(H,32,36). The molecule has 6 aromatic rings. The number of para-hydroxylation sites is 2. The number of carbonyl (C=O) groups is 1. The van der Waals surface area contributed by atoms with Gasteiger partial charge in [-0.1, -0.05) is 36.4 Å². The van der Waals surface area contributed by atoms with Crippen LogP contribution in [-0.2, 0) is 30.2 Å². The van der Waals surface area contributed by atoms with Crippen LogP contribution in [0.1, 0.15) is 21.1 Å². The lowest BCUT2D eigenvalue weighted by molar-refractivity contribution is 0.0955. The summed E-state index contributed by atoms with van der Waals surface area (Å²) in [6, 6.07) is 27.1. The van der Waals surface area contributed by atoms with Crippen molar-refractivity contribution in [3.8, 4) is 0 Å². The number of carbonyl (C=O) groups excluding carboxylic acids is 1. The number of nitrogens with zero attached hydrogens (tertiary/aromatic N) is 4. The minimum absolute atomic E-state index is 0.0382. The number of nitrogens with one attached hydrogen (secondary N) is 1. The van der Waals surface area contributed by atoms with Gasteiger partial charge >= 0.3 is 0 Å². The lowest BCUT2D eigenvalue weighted by Crippen LogP contribution is -2.31. The van der Waals surface area contributed by atoms with E-state index in [1.165, 1.54) is 15.6 Å². The van der Waals surface area contributed by atoms with E-state index in [9.17, 15) is 13.2 Å². The Morgan fingerprint density at radius 3 is 2.55 bits per heavy atom. The van der Waals surface area contributed by atoms with Gasteiger partial charge in [-0.05, 0) is 65.5 Å². The van der Waals surface area contributed by atoms with E-state index in [-0.39, 0.29) is 17.3 Å². The van der Waals surface area contributed by atoms with Gasteiger partial charge in [-0.3, -0.25) is 14.1 Å². The summed E-state index contributed by atoms with van der Waals surface area (Å²) in [6.07, 6.45) is 3.40. The summed E-state index contributed by atoms with van der Waals surface area (Å²) in [5, 5.41) is 3.71. The summed E-state index contributed by atoms with van der Waals surface area (Å²) in [5.41, 5.74) is 3.11. The van der Waals surface area contributed by atoms with E-state index in [1.54, 1.807) is 54.9 Å². The maximum atomic E-state index is 14.0. The Labute approximate surface area is 235 Å². The van der Waals surface area contributed by atoms with E-state index in [0.717, 1.165) is 26.7 Å². The zero-order valence-corrected chi connectivity index (χ0v) is 23.2. The van der Waals surface area contributed by atoms with Crippen LogP contribution >= 0.6 is 11.3 Å². The number of rotatable bonds is 8. The Bertz CT molecular complexity index is 1930. The molecule has 0 radical (unpaired) electrons. The number of aryl methyl sites for hydroxylation is 1. The van der Waals surface area contributed by atoms with E-state index in [1.807, 2.05) is 60.1 Å². The van der Waals surface area contributed by atoms with Crippen molar-refractivity contribution in [3.63, 3.8) is 0 Å². The van der Waals surface area contributed by atoms with Gasteiger partial charge in [0, 0.05) is 30.7 Å². The number of anilines is 1. The molecule has 0 saturated heterocycles. The number of hydrogen-bond donors (Lipinski definition) is 1. The number of thiophene rings is 1. The zero-order chi connectivity index (χ0) is 27.7. The van der Waals surface area contributed by atoms with E-state index < -0.39 is 10.0 Å². The van der Waals surface area contributed by atoms with Gasteiger partial charge in [0.2, 0.25) is 0 Å². The van der Waals surface area contributed by atoms with Crippen LogP contribution in [0.15, 0.2) is 108 Å². The molecule has 0 spiro atoms. The Balaban J connectivity index is 1.36. The van der Waals surface area contributed by atoms with Crippen LogP contribution in [0.25, 0.3) is 21.1 Å². The number of fused-ring (bicyclic) bond motifs is 2. The minimum Gasteiger partial charge on any atom is -0.347 e. The lowest BCUT2D eigenvalue weighted by Gasteiger charge is -2.24. The van der Waals surface area contributed by atoms with Gasteiger partial charge in [0.1, 0.15) is 5.82 Å². The molecule has 1 amide bonds. The molecule has 0 fully saturated rings. The van der Waals surface area contributed by atoms with Crippen molar-refractivity contribution in [3.05, 3.63) is 120 Å². The molecule has 0 aliphatic carbocycles. The summed E-state index contributed by atoms with van der Waals surface area (Å²) in [5.74, 6) is 0.418. The first-order chi connectivity index (χ1) is 19.4. The van der Waals surface area contributed by atoms with Crippen molar-refractivity contribution in [1.82, 2.24) is 19.9 Å². The van der Waals surface area contributed by atoms with Gasteiger partial charge in [0.25, 0.3) is 15.9 Å². The van der Waals surface area contributed by atoms with Crippen LogP contribution in [0.2, 0.25) is 0 Å². The molecule has 0 aliphatic rings. The summed E-state index contributed by atoms with van der Waals surface area (Å²) >= 11 is 1.36. The molecule has 10 heteroatoms. The molecule has 0 saturated carbocycles. The van der Waals surface area contributed by atoms with E-state index >= 15 is 0 Å². The topological polar surface area (TPSA) is 97.2 Å². The fraction of sp³-hybridized carbons (Fsp3) is 0.100. The number of sulfonamides is 1. The summed E-state index contributed by atoms with van der Waals surface area (Å²) in [4.78, 5) is 22.4. The van der Waals surface area contributed by atoms with Crippen LogP contribution in [0, 0.1) is 0 Å². The molecule has 40 heavy (non-hydrogen) atoms. The van der Waals surface area contributed by atoms with Crippen LogP contribution in [0.3, 0.4) is 0 Å². The van der Waals surface area contributed by atoms with Gasteiger partial charge in [0.15, 0.2) is 0 Å². The van der Waals surface area contributed by atoms with Crippen LogP contribution in [0.5, 0.6) is 0 Å². The molecule has 0 bridgehead atoms. The summed E-state index contributed by atoms with van der Waals surface area (Å²) in [7, 11) is -2.04. The molecule has 200 valence electrons. The van der Waals surface area contributed by atoms with Crippen molar-refractivity contribution in [2.75, 3.05) is 4.31 Å². The Morgan fingerprint density at radius 2 is 1.77 bits per heavy atom. The van der Waals surface area contributed by atoms with Crippen LogP contribution in [0.4, 0.5) is 5.69 Å². The highest BCUT2D eigenvalue weighted by molar-refractivity contribution is 7.92. The second-order valence-electron chi connectivity index (χ2n) is 9.28. The lowest BCUT2D eigenvalue weighted by atomic mass is 10.2. The van der Waals surface area contributed by atoms with Gasteiger partial charge in [-0.2, -0.15) is 0 Å². The molecule has 0 unspecified atom stereocenters. The number of aromatic nitrogens is 3. The smallest absolute Gasteiger partial charge is 0.264 e. The van der Waals surface area contributed by atoms with Gasteiger partial charge in [0.05, 0.1) is 33.0 Å². The number of pyridine rings is 1. The van der Waals surface area contributed by atoms with E-state index in [4.69, 9.17) is 4.98 Å². The molecule has 6 rings (SSSR count). The molecule has 1 N–H and O–H groups in total. The predicted octanol–water partition coefficient (Wildman–Crippen LogP) is 5.51. The number of imidazole rings is 1. The number of amides is 1. The fourth-order valence-electron chi connectivity index (χ4n) is 4.57. The highest BCUT2D eigenvalue weighted by Crippen LogP contribution is 2.33. The molecule has 3 aromatic carbocycles. The molecular formula is C30H25N5O3S2. The highest BCUT2D eigenvalue weighted by Gasteiger charge is 2.27. The van der Waals surface area contributed by atoms with Gasteiger partial charge in [-0.25, -0.2) is 13.4 Å². The molecular weight excluding hydrogens is 542 g/mol. The first-order valence-corrected chi connectivity index (χ1v) is 14.8. The molecule has 8 nitrogen and oxygen atoms in total. The second-order valence-corrected chi connectivity index (χ2v) is 12.2. The third kappa shape index (κ3) is 4.94. The molecule has 3 heterocycles.